The van der Waals surface area contributed by atoms with E-state index < -0.39 is 0 Å². The smallest absolute Gasteiger partial charge is 0.0631 e. The molecule has 0 amide bonds. The minimum atomic E-state index is 0.472. The monoisotopic (exact) mass is 275 g/mol. The highest BCUT2D eigenvalue weighted by atomic mass is 15.3. The van der Waals surface area contributed by atoms with Crippen molar-refractivity contribution in [2.75, 3.05) is 13.1 Å². The molecule has 1 N–H and O–H groups in total. The summed E-state index contributed by atoms with van der Waals surface area (Å²) >= 11 is 0. The van der Waals surface area contributed by atoms with Gasteiger partial charge in [-0.2, -0.15) is 5.10 Å². The zero-order valence-corrected chi connectivity index (χ0v) is 13.1. The van der Waals surface area contributed by atoms with Crippen LogP contribution in [0, 0.1) is 11.3 Å². The Bertz CT molecular complexity index is 425. The first-order valence-electron chi connectivity index (χ1n) is 8.42. The van der Waals surface area contributed by atoms with Crippen LogP contribution in [0.25, 0.3) is 0 Å². The molecule has 1 saturated carbocycles. The van der Waals surface area contributed by atoms with Crippen LogP contribution in [0.1, 0.15) is 64.1 Å². The molecule has 3 heteroatoms. The van der Waals surface area contributed by atoms with E-state index in [2.05, 4.69) is 36.1 Å². The molecule has 1 aromatic heterocycles. The fourth-order valence-electron chi connectivity index (χ4n) is 4.09. The van der Waals surface area contributed by atoms with Gasteiger partial charge in [-0.15, -0.1) is 0 Å². The first-order chi connectivity index (χ1) is 9.67. The average molecular weight is 275 g/mol. The summed E-state index contributed by atoms with van der Waals surface area (Å²) in [5.74, 6) is 0.775. The summed E-state index contributed by atoms with van der Waals surface area (Å²) in [6.07, 6.45) is 11.5. The molecule has 1 aromatic rings. The van der Waals surface area contributed by atoms with Crippen molar-refractivity contribution in [3.05, 3.63) is 18.0 Å². The van der Waals surface area contributed by atoms with Crippen LogP contribution in [-0.2, 0) is 6.42 Å². The molecule has 0 atom stereocenters. The lowest BCUT2D eigenvalue weighted by Gasteiger charge is -2.43. The van der Waals surface area contributed by atoms with Crippen molar-refractivity contribution in [1.82, 2.24) is 15.1 Å². The maximum Gasteiger partial charge on any atom is 0.0631 e. The highest BCUT2D eigenvalue weighted by Gasteiger charge is 2.38. The van der Waals surface area contributed by atoms with Crippen molar-refractivity contribution in [2.24, 2.45) is 11.3 Å². The summed E-state index contributed by atoms with van der Waals surface area (Å²) in [7, 11) is 0. The van der Waals surface area contributed by atoms with E-state index in [0.717, 1.165) is 12.3 Å². The molecule has 1 aliphatic heterocycles. The van der Waals surface area contributed by atoms with Crippen LogP contribution in [0.15, 0.2) is 12.3 Å². The summed E-state index contributed by atoms with van der Waals surface area (Å²) in [5, 5.41) is 8.36. The molecular formula is C17H29N3. The van der Waals surface area contributed by atoms with Crippen molar-refractivity contribution in [2.45, 2.75) is 64.8 Å². The van der Waals surface area contributed by atoms with Crippen molar-refractivity contribution < 1.29 is 0 Å². The Morgan fingerprint density at radius 2 is 2.05 bits per heavy atom. The minimum absolute atomic E-state index is 0.472. The van der Waals surface area contributed by atoms with Crippen LogP contribution in [0.2, 0.25) is 0 Å². The Morgan fingerprint density at radius 3 is 2.65 bits per heavy atom. The maximum atomic E-state index is 4.90. The van der Waals surface area contributed by atoms with Gasteiger partial charge in [0.15, 0.2) is 0 Å². The molecule has 20 heavy (non-hydrogen) atoms. The highest BCUT2D eigenvalue weighted by Crippen LogP contribution is 2.35. The normalized spacial score (nSPS) is 22.9. The Hall–Kier alpha value is -0.830. The standard InChI is InChI=1S/C17H29N3/c1-14(2)10-17(12-18-13-17)11-15-8-9-20(19-15)16-6-4-3-5-7-16/h8-9,14,16,18H,3-7,10-13H2,1-2H3. The second kappa shape index (κ2) is 5.88. The predicted molar refractivity (Wildman–Crippen MR) is 82.8 cm³/mol. The molecule has 0 unspecified atom stereocenters. The predicted octanol–water partition coefficient (Wildman–Crippen LogP) is 3.57. The molecule has 0 spiro atoms. The SMILES string of the molecule is CC(C)CC1(Cc2ccn(C3CCCCC3)n2)CNC1. The van der Waals surface area contributed by atoms with Gasteiger partial charge in [-0.25, -0.2) is 0 Å². The van der Waals surface area contributed by atoms with Gasteiger partial charge in [0, 0.05) is 24.7 Å². The molecule has 2 heterocycles. The van der Waals surface area contributed by atoms with Crippen molar-refractivity contribution in [3.8, 4) is 0 Å². The van der Waals surface area contributed by atoms with Crippen LogP contribution < -0.4 is 5.32 Å². The van der Waals surface area contributed by atoms with Gasteiger partial charge < -0.3 is 5.32 Å². The summed E-state index contributed by atoms with van der Waals surface area (Å²) in [6.45, 7) is 7.00. The molecule has 3 rings (SSSR count). The first-order valence-corrected chi connectivity index (χ1v) is 8.42. The molecule has 112 valence electrons. The summed E-state index contributed by atoms with van der Waals surface area (Å²) in [5.41, 5.74) is 1.78. The lowest BCUT2D eigenvalue weighted by Crippen LogP contribution is -2.55. The van der Waals surface area contributed by atoms with E-state index in [4.69, 9.17) is 5.10 Å². The van der Waals surface area contributed by atoms with Crippen molar-refractivity contribution >= 4 is 0 Å². The van der Waals surface area contributed by atoms with Crippen LogP contribution in [0.3, 0.4) is 0 Å². The Labute approximate surface area is 123 Å². The first kappa shape index (κ1) is 14.1. The van der Waals surface area contributed by atoms with Gasteiger partial charge in [-0.3, -0.25) is 4.68 Å². The molecule has 3 nitrogen and oxygen atoms in total. The fourth-order valence-corrected chi connectivity index (χ4v) is 4.09. The van der Waals surface area contributed by atoms with Gasteiger partial charge >= 0.3 is 0 Å². The van der Waals surface area contributed by atoms with E-state index >= 15 is 0 Å². The largest absolute Gasteiger partial charge is 0.316 e. The van der Waals surface area contributed by atoms with E-state index in [0.29, 0.717) is 11.5 Å². The number of hydrogen-bond acceptors (Lipinski definition) is 2. The van der Waals surface area contributed by atoms with Gasteiger partial charge in [0.05, 0.1) is 11.7 Å². The maximum absolute atomic E-state index is 4.90. The average Bonchev–Trinajstić information content (AvgIpc) is 2.85. The van der Waals surface area contributed by atoms with Crippen LogP contribution in [0.4, 0.5) is 0 Å². The Kier molecular flexibility index (Phi) is 4.16. The molecule has 1 aliphatic carbocycles. The van der Waals surface area contributed by atoms with Crippen LogP contribution >= 0.6 is 0 Å². The zero-order valence-electron chi connectivity index (χ0n) is 13.1. The van der Waals surface area contributed by atoms with Gasteiger partial charge in [0.25, 0.3) is 0 Å². The second-order valence-corrected chi connectivity index (χ2v) is 7.46. The summed E-state index contributed by atoms with van der Waals surface area (Å²) in [6, 6.07) is 2.92. The third-order valence-corrected chi connectivity index (χ3v) is 5.01. The minimum Gasteiger partial charge on any atom is -0.316 e. The molecular weight excluding hydrogens is 246 g/mol. The van der Waals surface area contributed by atoms with Crippen LogP contribution in [0.5, 0.6) is 0 Å². The van der Waals surface area contributed by atoms with Gasteiger partial charge in [-0.1, -0.05) is 33.1 Å². The molecule has 0 bridgehead atoms. The fraction of sp³-hybridized carbons (Fsp3) is 0.824. The molecule has 2 fully saturated rings. The van der Waals surface area contributed by atoms with E-state index in [1.54, 1.807) is 0 Å². The Balaban J connectivity index is 1.64. The number of nitrogens with zero attached hydrogens (tertiary/aromatic N) is 2. The van der Waals surface area contributed by atoms with Gasteiger partial charge in [-0.05, 0) is 37.7 Å². The number of aromatic nitrogens is 2. The third kappa shape index (κ3) is 3.08. The third-order valence-electron chi connectivity index (χ3n) is 5.01. The molecule has 2 aliphatic rings. The topological polar surface area (TPSA) is 29.9 Å². The van der Waals surface area contributed by atoms with Crippen LogP contribution in [-0.4, -0.2) is 22.9 Å². The second-order valence-electron chi connectivity index (χ2n) is 7.46. The van der Waals surface area contributed by atoms with E-state index in [9.17, 15) is 0 Å². The van der Waals surface area contributed by atoms with Gasteiger partial charge in [0.2, 0.25) is 0 Å². The summed E-state index contributed by atoms with van der Waals surface area (Å²) < 4.78 is 2.25. The number of rotatable bonds is 5. The molecule has 1 saturated heterocycles. The zero-order chi connectivity index (χ0) is 14.0. The van der Waals surface area contributed by atoms with E-state index in [1.807, 2.05) is 0 Å². The number of hydrogen-bond donors (Lipinski definition) is 1. The lowest BCUT2D eigenvalue weighted by atomic mass is 9.72. The van der Waals surface area contributed by atoms with E-state index in [1.165, 1.54) is 57.3 Å². The quantitative estimate of drug-likeness (QED) is 0.890. The van der Waals surface area contributed by atoms with Gasteiger partial charge in [0.1, 0.15) is 0 Å². The Morgan fingerprint density at radius 1 is 1.30 bits per heavy atom. The number of nitrogens with one attached hydrogen (secondary N) is 1. The van der Waals surface area contributed by atoms with E-state index in [-0.39, 0.29) is 0 Å². The van der Waals surface area contributed by atoms with Crippen molar-refractivity contribution in [3.63, 3.8) is 0 Å². The van der Waals surface area contributed by atoms with Crippen molar-refractivity contribution in [1.29, 1.82) is 0 Å². The lowest BCUT2D eigenvalue weighted by molar-refractivity contribution is 0.129. The highest BCUT2D eigenvalue weighted by molar-refractivity contribution is 5.08. The molecule has 0 aromatic carbocycles. The molecule has 0 radical (unpaired) electrons. The summed E-state index contributed by atoms with van der Waals surface area (Å²) in [4.78, 5) is 0.